The standard InChI is InChI=1S/C16H22N2O3.ClH/c1-3-21-16(20)13-9-10-17-15(19)14(13)18-11(2)12-7-5-4-6-8-12;/h4-8,11,13-14,18H,3,9-10H2,1-2H3,(H,17,19);1H. The van der Waals surface area contributed by atoms with Gasteiger partial charge < -0.3 is 10.1 Å². The van der Waals surface area contributed by atoms with Gasteiger partial charge in [-0.15, -0.1) is 12.4 Å². The van der Waals surface area contributed by atoms with Crippen LogP contribution in [-0.2, 0) is 14.3 Å². The molecule has 0 saturated carbocycles. The molecular weight excluding hydrogens is 304 g/mol. The van der Waals surface area contributed by atoms with Crippen LogP contribution in [-0.4, -0.2) is 31.1 Å². The van der Waals surface area contributed by atoms with Crippen LogP contribution in [0.4, 0.5) is 0 Å². The smallest absolute Gasteiger partial charge is 0.311 e. The van der Waals surface area contributed by atoms with Crippen LogP contribution in [0.25, 0.3) is 0 Å². The number of carbonyl (C=O) groups is 2. The third-order valence-corrected chi connectivity index (χ3v) is 3.76. The number of amides is 1. The Kier molecular flexibility index (Phi) is 7.35. The predicted octanol–water partition coefficient (Wildman–Crippen LogP) is 1.83. The van der Waals surface area contributed by atoms with Crippen molar-refractivity contribution in [3.8, 4) is 0 Å². The van der Waals surface area contributed by atoms with Crippen molar-refractivity contribution < 1.29 is 14.3 Å². The fourth-order valence-electron chi connectivity index (χ4n) is 2.61. The Morgan fingerprint density at radius 1 is 1.41 bits per heavy atom. The highest BCUT2D eigenvalue weighted by molar-refractivity contribution is 5.89. The van der Waals surface area contributed by atoms with Crippen molar-refractivity contribution in [1.82, 2.24) is 10.6 Å². The molecule has 0 spiro atoms. The largest absolute Gasteiger partial charge is 0.466 e. The first-order valence-corrected chi connectivity index (χ1v) is 7.38. The van der Waals surface area contributed by atoms with Crippen molar-refractivity contribution >= 4 is 24.3 Å². The highest BCUT2D eigenvalue weighted by Crippen LogP contribution is 2.20. The highest BCUT2D eigenvalue weighted by Gasteiger charge is 2.38. The summed E-state index contributed by atoms with van der Waals surface area (Å²) in [5.74, 6) is -0.864. The van der Waals surface area contributed by atoms with Gasteiger partial charge in [-0.3, -0.25) is 14.9 Å². The summed E-state index contributed by atoms with van der Waals surface area (Å²) in [7, 11) is 0. The molecule has 1 heterocycles. The number of ether oxygens (including phenoxy) is 1. The molecule has 1 aromatic rings. The zero-order valence-corrected chi connectivity index (χ0v) is 13.7. The molecule has 0 aliphatic carbocycles. The van der Waals surface area contributed by atoms with Gasteiger partial charge in [0.1, 0.15) is 6.04 Å². The van der Waals surface area contributed by atoms with Crippen LogP contribution < -0.4 is 10.6 Å². The van der Waals surface area contributed by atoms with Crippen LogP contribution in [0.1, 0.15) is 31.9 Å². The molecule has 1 aromatic carbocycles. The quantitative estimate of drug-likeness (QED) is 0.810. The molecular formula is C16H23ClN2O3. The maximum atomic E-state index is 12.1. The molecule has 3 unspecified atom stereocenters. The molecule has 1 fully saturated rings. The molecule has 0 aromatic heterocycles. The van der Waals surface area contributed by atoms with Crippen molar-refractivity contribution in [3.05, 3.63) is 35.9 Å². The van der Waals surface area contributed by atoms with E-state index in [9.17, 15) is 9.59 Å². The summed E-state index contributed by atoms with van der Waals surface area (Å²) in [5.41, 5.74) is 1.08. The van der Waals surface area contributed by atoms with Gasteiger partial charge >= 0.3 is 5.97 Å². The number of hydrogen-bond donors (Lipinski definition) is 2. The maximum Gasteiger partial charge on any atom is 0.311 e. The molecule has 122 valence electrons. The van der Waals surface area contributed by atoms with E-state index in [0.29, 0.717) is 19.6 Å². The maximum absolute atomic E-state index is 12.1. The molecule has 0 radical (unpaired) electrons. The van der Waals surface area contributed by atoms with Gasteiger partial charge in [0.15, 0.2) is 0 Å². The van der Waals surface area contributed by atoms with Crippen molar-refractivity contribution in [2.75, 3.05) is 13.2 Å². The minimum absolute atomic E-state index is 0. The number of nitrogens with one attached hydrogen (secondary N) is 2. The predicted molar refractivity (Wildman–Crippen MR) is 86.8 cm³/mol. The Morgan fingerprint density at radius 3 is 2.73 bits per heavy atom. The Morgan fingerprint density at radius 2 is 2.09 bits per heavy atom. The normalized spacial score (nSPS) is 22.2. The number of piperidine rings is 1. The Labute approximate surface area is 137 Å². The molecule has 22 heavy (non-hydrogen) atoms. The number of benzene rings is 1. The molecule has 3 atom stereocenters. The number of carbonyl (C=O) groups excluding carboxylic acids is 2. The molecule has 5 nitrogen and oxygen atoms in total. The molecule has 1 aliphatic rings. The topological polar surface area (TPSA) is 67.4 Å². The molecule has 0 bridgehead atoms. The van der Waals surface area contributed by atoms with Gasteiger partial charge in [-0.05, 0) is 25.8 Å². The summed E-state index contributed by atoms with van der Waals surface area (Å²) in [5, 5.41) is 6.07. The summed E-state index contributed by atoms with van der Waals surface area (Å²) in [6.07, 6.45) is 0.601. The van der Waals surface area contributed by atoms with E-state index in [4.69, 9.17) is 4.74 Å². The van der Waals surface area contributed by atoms with Crippen LogP contribution in [0.2, 0.25) is 0 Å². The van der Waals surface area contributed by atoms with Crippen LogP contribution in [0, 0.1) is 5.92 Å². The second-order valence-corrected chi connectivity index (χ2v) is 5.21. The molecule has 2 rings (SSSR count). The fraction of sp³-hybridized carbons (Fsp3) is 0.500. The summed E-state index contributed by atoms with van der Waals surface area (Å²) >= 11 is 0. The van der Waals surface area contributed by atoms with Gasteiger partial charge in [0, 0.05) is 12.6 Å². The first-order chi connectivity index (χ1) is 10.1. The third-order valence-electron chi connectivity index (χ3n) is 3.76. The average Bonchev–Trinajstić information content (AvgIpc) is 2.50. The van der Waals surface area contributed by atoms with E-state index in [1.807, 2.05) is 37.3 Å². The van der Waals surface area contributed by atoms with Gasteiger partial charge in [0.05, 0.1) is 12.5 Å². The van der Waals surface area contributed by atoms with Crippen molar-refractivity contribution in [1.29, 1.82) is 0 Å². The Balaban J connectivity index is 0.00000242. The minimum atomic E-state index is -0.548. The van der Waals surface area contributed by atoms with Crippen molar-refractivity contribution in [2.45, 2.75) is 32.4 Å². The summed E-state index contributed by atoms with van der Waals surface area (Å²) in [6.45, 7) is 4.60. The van der Waals surface area contributed by atoms with E-state index in [1.54, 1.807) is 6.92 Å². The molecule has 6 heteroatoms. The fourth-order valence-corrected chi connectivity index (χ4v) is 2.61. The SMILES string of the molecule is CCOC(=O)C1CCNC(=O)C1NC(C)c1ccccc1.Cl. The Hall–Kier alpha value is -1.59. The van der Waals surface area contributed by atoms with Gasteiger partial charge in [-0.2, -0.15) is 0 Å². The van der Waals surface area contributed by atoms with Gasteiger partial charge in [-0.1, -0.05) is 30.3 Å². The van der Waals surface area contributed by atoms with Crippen molar-refractivity contribution in [3.63, 3.8) is 0 Å². The zero-order valence-electron chi connectivity index (χ0n) is 12.9. The van der Waals surface area contributed by atoms with Gasteiger partial charge in [0.2, 0.25) is 5.91 Å². The zero-order chi connectivity index (χ0) is 15.2. The number of halogens is 1. The van der Waals surface area contributed by atoms with Gasteiger partial charge in [0.25, 0.3) is 0 Å². The van der Waals surface area contributed by atoms with Crippen LogP contribution in [0.5, 0.6) is 0 Å². The summed E-state index contributed by atoms with van der Waals surface area (Å²) < 4.78 is 5.09. The van der Waals surface area contributed by atoms with Crippen LogP contribution in [0.15, 0.2) is 30.3 Å². The second kappa shape index (κ2) is 8.76. The first kappa shape index (κ1) is 18.5. The number of esters is 1. The van der Waals surface area contributed by atoms with Crippen LogP contribution >= 0.6 is 12.4 Å². The lowest BCUT2D eigenvalue weighted by atomic mass is 9.91. The lowest BCUT2D eigenvalue weighted by Crippen LogP contribution is -2.56. The lowest BCUT2D eigenvalue weighted by molar-refractivity contribution is -0.153. The molecule has 1 saturated heterocycles. The average molecular weight is 327 g/mol. The van der Waals surface area contributed by atoms with Crippen LogP contribution in [0.3, 0.4) is 0 Å². The van der Waals surface area contributed by atoms with E-state index in [-0.39, 0.29) is 30.3 Å². The third kappa shape index (κ3) is 4.45. The number of hydrogen-bond acceptors (Lipinski definition) is 4. The van der Waals surface area contributed by atoms with E-state index in [2.05, 4.69) is 10.6 Å². The van der Waals surface area contributed by atoms with E-state index < -0.39 is 12.0 Å². The van der Waals surface area contributed by atoms with Gasteiger partial charge in [-0.25, -0.2) is 0 Å². The molecule has 1 amide bonds. The highest BCUT2D eigenvalue weighted by atomic mass is 35.5. The van der Waals surface area contributed by atoms with E-state index >= 15 is 0 Å². The monoisotopic (exact) mass is 326 g/mol. The Bertz CT molecular complexity index is 495. The van der Waals surface area contributed by atoms with E-state index in [1.165, 1.54) is 0 Å². The number of rotatable bonds is 5. The van der Waals surface area contributed by atoms with E-state index in [0.717, 1.165) is 5.56 Å². The summed E-state index contributed by atoms with van der Waals surface area (Å²) in [4.78, 5) is 24.1. The molecule has 2 N–H and O–H groups in total. The second-order valence-electron chi connectivity index (χ2n) is 5.21. The molecule has 1 aliphatic heterocycles. The summed E-state index contributed by atoms with van der Waals surface area (Å²) in [6, 6.07) is 9.29. The first-order valence-electron chi connectivity index (χ1n) is 7.38. The minimum Gasteiger partial charge on any atom is -0.466 e. The van der Waals surface area contributed by atoms with Crippen molar-refractivity contribution in [2.24, 2.45) is 5.92 Å². The lowest BCUT2D eigenvalue weighted by Gasteiger charge is -2.32.